The lowest BCUT2D eigenvalue weighted by atomic mass is 10.0. The molecule has 1 heterocycles. The molecule has 14 heavy (non-hydrogen) atoms. The van der Waals surface area contributed by atoms with Crippen LogP contribution in [0.15, 0.2) is 29.3 Å². The van der Waals surface area contributed by atoms with Crippen molar-refractivity contribution in [3.05, 3.63) is 34.7 Å². The molecular weight excluding hydrogens is 178 g/mol. The van der Waals surface area contributed by atoms with Gasteiger partial charge in [0, 0.05) is 31.1 Å². The zero-order valence-corrected chi connectivity index (χ0v) is 8.68. The third-order valence-electron chi connectivity index (χ3n) is 2.56. The molecule has 1 aromatic rings. The summed E-state index contributed by atoms with van der Waals surface area (Å²) in [5.41, 5.74) is -0.000667. The molecule has 1 rings (SSSR count). The highest BCUT2D eigenvalue weighted by atomic mass is 16.3. The van der Waals surface area contributed by atoms with E-state index in [9.17, 15) is 9.90 Å². The highest BCUT2D eigenvalue weighted by Gasteiger charge is 2.11. The van der Waals surface area contributed by atoms with Gasteiger partial charge in [-0.3, -0.25) is 4.79 Å². The number of nitrogens with zero attached hydrogens (tertiary/aromatic N) is 1. The first kappa shape index (κ1) is 11.0. The van der Waals surface area contributed by atoms with E-state index in [0.717, 1.165) is 6.42 Å². The van der Waals surface area contributed by atoms with Gasteiger partial charge in [-0.25, -0.2) is 0 Å². The van der Waals surface area contributed by atoms with Crippen LogP contribution in [-0.2, 0) is 6.54 Å². The molecule has 0 aromatic carbocycles. The summed E-state index contributed by atoms with van der Waals surface area (Å²) in [5.74, 6) is 0.287. The van der Waals surface area contributed by atoms with Crippen molar-refractivity contribution in [2.75, 3.05) is 0 Å². The topological polar surface area (TPSA) is 42.2 Å². The van der Waals surface area contributed by atoms with Crippen molar-refractivity contribution < 1.29 is 5.11 Å². The molecule has 0 saturated heterocycles. The van der Waals surface area contributed by atoms with Gasteiger partial charge >= 0.3 is 0 Å². The van der Waals surface area contributed by atoms with Gasteiger partial charge in [-0.05, 0) is 5.92 Å². The van der Waals surface area contributed by atoms with E-state index < -0.39 is 0 Å². The quantitative estimate of drug-likeness (QED) is 0.785. The molecule has 1 aromatic heterocycles. The van der Waals surface area contributed by atoms with Crippen LogP contribution in [0.3, 0.4) is 0 Å². The molecule has 0 fully saturated rings. The number of rotatable bonds is 4. The SMILES string of the molecule is CCC(C)C(O)Cn1ccc(=O)cc1. The fourth-order valence-corrected chi connectivity index (χ4v) is 1.23. The predicted octanol–water partition coefficient (Wildman–Crippen LogP) is 1.26. The Kier molecular flexibility index (Phi) is 3.89. The van der Waals surface area contributed by atoms with Crippen molar-refractivity contribution >= 4 is 0 Å². The zero-order valence-electron chi connectivity index (χ0n) is 8.68. The number of aliphatic hydroxyl groups excluding tert-OH is 1. The standard InChI is InChI=1S/C11H17NO2/c1-3-9(2)11(14)8-12-6-4-10(13)5-7-12/h4-7,9,11,14H,3,8H2,1-2H3. The summed E-state index contributed by atoms with van der Waals surface area (Å²) in [6, 6.07) is 3.01. The molecular formula is C11H17NO2. The average molecular weight is 195 g/mol. The summed E-state index contributed by atoms with van der Waals surface area (Å²) in [7, 11) is 0. The molecule has 1 N–H and O–H groups in total. The fraction of sp³-hybridized carbons (Fsp3) is 0.545. The van der Waals surface area contributed by atoms with Crippen molar-refractivity contribution in [1.82, 2.24) is 4.57 Å². The third-order valence-corrected chi connectivity index (χ3v) is 2.56. The van der Waals surface area contributed by atoms with Gasteiger partial charge in [-0.2, -0.15) is 0 Å². The second kappa shape index (κ2) is 4.96. The van der Waals surface area contributed by atoms with Crippen LogP contribution in [0.5, 0.6) is 0 Å². The van der Waals surface area contributed by atoms with E-state index in [1.165, 1.54) is 12.1 Å². The van der Waals surface area contributed by atoms with Crippen LogP contribution in [0.25, 0.3) is 0 Å². The average Bonchev–Trinajstić information content (AvgIpc) is 2.20. The Morgan fingerprint density at radius 3 is 2.50 bits per heavy atom. The minimum Gasteiger partial charge on any atom is -0.391 e. The number of aliphatic hydroxyl groups is 1. The number of hydrogen-bond donors (Lipinski definition) is 1. The molecule has 0 radical (unpaired) electrons. The predicted molar refractivity (Wildman–Crippen MR) is 56.2 cm³/mol. The normalized spacial score (nSPS) is 15.1. The monoisotopic (exact) mass is 195 g/mol. The van der Waals surface area contributed by atoms with Gasteiger partial charge in [0.1, 0.15) is 0 Å². The Balaban J connectivity index is 2.60. The molecule has 0 spiro atoms. The highest BCUT2D eigenvalue weighted by molar-refractivity contribution is 4.93. The smallest absolute Gasteiger partial charge is 0.181 e. The van der Waals surface area contributed by atoms with E-state index in [2.05, 4.69) is 6.92 Å². The molecule has 2 unspecified atom stereocenters. The highest BCUT2D eigenvalue weighted by Crippen LogP contribution is 2.08. The van der Waals surface area contributed by atoms with Gasteiger partial charge in [-0.15, -0.1) is 0 Å². The van der Waals surface area contributed by atoms with Gasteiger partial charge in [-0.1, -0.05) is 20.3 Å². The Hall–Kier alpha value is -1.09. The van der Waals surface area contributed by atoms with Crippen molar-refractivity contribution in [2.24, 2.45) is 5.92 Å². The molecule has 3 nitrogen and oxygen atoms in total. The van der Waals surface area contributed by atoms with Crippen LogP contribution < -0.4 is 5.43 Å². The molecule has 3 heteroatoms. The summed E-state index contributed by atoms with van der Waals surface area (Å²) in [5, 5.41) is 9.74. The number of pyridine rings is 1. The molecule has 0 bridgehead atoms. The van der Waals surface area contributed by atoms with E-state index in [1.54, 1.807) is 12.4 Å². The van der Waals surface area contributed by atoms with Crippen LogP contribution in [0, 0.1) is 5.92 Å². The Morgan fingerprint density at radius 1 is 1.43 bits per heavy atom. The summed E-state index contributed by atoms with van der Waals surface area (Å²) in [4.78, 5) is 10.8. The lowest BCUT2D eigenvalue weighted by Gasteiger charge is -2.18. The van der Waals surface area contributed by atoms with Crippen molar-refractivity contribution in [3.63, 3.8) is 0 Å². The van der Waals surface area contributed by atoms with Crippen LogP contribution in [0.1, 0.15) is 20.3 Å². The summed E-state index contributed by atoms with van der Waals surface area (Å²) >= 11 is 0. The van der Waals surface area contributed by atoms with Gasteiger partial charge in [0.15, 0.2) is 5.43 Å². The van der Waals surface area contributed by atoms with Crippen LogP contribution in [0.4, 0.5) is 0 Å². The number of aromatic nitrogens is 1. The number of hydrogen-bond acceptors (Lipinski definition) is 2. The summed E-state index contributed by atoms with van der Waals surface area (Å²) in [6.07, 6.45) is 4.02. The first-order chi connectivity index (χ1) is 6.63. The van der Waals surface area contributed by atoms with Gasteiger partial charge in [0.05, 0.1) is 6.10 Å². The Labute approximate surface area is 84.0 Å². The molecule has 0 amide bonds. The van der Waals surface area contributed by atoms with Crippen LogP contribution in [-0.4, -0.2) is 15.8 Å². The van der Waals surface area contributed by atoms with Crippen LogP contribution in [0.2, 0.25) is 0 Å². The van der Waals surface area contributed by atoms with Crippen molar-refractivity contribution in [3.8, 4) is 0 Å². The second-order valence-electron chi connectivity index (χ2n) is 3.68. The molecule has 78 valence electrons. The molecule has 0 aliphatic carbocycles. The van der Waals surface area contributed by atoms with Gasteiger partial charge in [0.25, 0.3) is 0 Å². The van der Waals surface area contributed by atoms with E-state index >= 15 is 0 Å². The first-order valence-electron chi connectivity index (χ1n) is 4.97. The van der Waals surface area contributed by atoms with E-state index in [4.69, 9.17) is 0 Å². The Morgan fingerprint density at radius 2 is 2.00 bits per heavy atom. The minimum absolute atomic E-state index is 0.000667. The van der Waals surface area contributed by atoms with E-state index in [0.29, 0.717) is 6.54 Å². The summed E-state index contributed by atoms with van der Waals surface area (Å²) < 4.78 is 1.83. The largest absolute Gasteiger partial charge is 0.391 e. The third kappa shape index (κ3) is 3.00. The maximum absolute atomic E-state index is 10.8. The lowest BCUT2D eigenvalue weighted by molar-refractivity contribution is 0.0964. The van der Waals surface area contributed by atoms with Crippen molar-refractivity contribution in [1.29, 1.82) is 0 Å². The maximum atomic E-state index is 10.8. The van der Waals surface area contributed by atoms with Crippen LogP contribution >= 0.6 is 0 Å². The maximum Gasteiger partial charge on any atom is 0.181 e. The minimum atomic E-state index is -0.345. The zero-order chi connectivity index (χ0) is 10.6. The molecule has 0 aliphatic rings. The van der Waals surface area contributed by atoms with Gasteiger partial charge < -0.3 is 9.67 Å². The van der Waals surface area contributed by atoms with Gasteiger partial charge in [0.2, 0.25) is 0 Å². The van der Waals surface area contributed by atoms with Crippen molar-refractivity contribution in [2.45, 2.75) is 32.9 Å². The summed E-state index contributed by atoms with van der Waals surface area (Å²) in [6.45, 7) is 4.63. The lowest BCUT2D eigenvalue weighted by Crippen LogP contribution is -2.23. The molecule has 0 saturated carbocycles. The second-order valence-corrected chi connectivity index (χ2v) is 3.68. The Bertz CT molecular complexity index is 312. The molecule has 2 atom stereocenters. The van der Waals surface area contributed by atoms with E-state index in [-0.39, 0.29) is 17.5 Å². The first-order valence-corrected chi connectivity index (χ1v) is 4.97. The van der Waals surface area contributed by atoms with E-state index in [1.807, 2.05) is 11.5 Å². The molecule has 0 aliphatic heterocycles. The fourth-order valence-electron chi connectivity index (χ4n) is 1.23.